The monoisotopic (exact) mass is 340 g/mol. The van der Waals surface area contributed by atoms with Gasteiger partial charge >= 0.3 is 0 Å². The SMILES string of the molecule is CC(C)Oc1ccccc1NC(=O)CN(C)C1CCS(=O)(=O)C1. The molecule has 1 aliphatic heterocycles. The number of rotatable bonds is 6. The lowest BCUT2D eigenvalue weighted by atomic mass is 10.2. The molecule has 0 aromatic heterocycles. The predicted octanol–water partition coefficient (Wildman–Crippen LogP) is 1.53. The first-order valence-electron chi connectivity index (χ1n) is 7.73. The van der Waals surface area contributed by atoms with E-state index < -0.39 is 9.84 Å². The lowest BCUT2D eigenvalue weighted by molar-refractivity contribution is -0.117. The topological polar surface area (TPSA) is 75.7 Å². The number of hydrogen-bond acceptors (Lipinski definition) is 5. The molecule has 0 aliphatic carbocycles. The number of benzene rings is 1. The number of carbonyl (C=O) groups is 1. The molecule has 1 heterocycles. The van der Waals surface area contributed by atoms with Crippen LogP contribution in [-0.4, -0.2) is 56.5 Å². The van der Waals surface area contributed by atoms with E-state index in [0.717, 1.165) is 0 Å². The minimum absolute atomic E-state index is 0.0134. The van der Waals surface area contributed by atoms with Crippen molar-refractivity contribution < 1.29 is 17.9 Å². The molecule has 0 bridgehead atoms. The third-order valence-corrected chi connectivity index (χ3v) is 5.50. The highest BCUT2D eigenvalue weighted by atomic mass is 32.2. The first kappa shape index (κ1) is 17.7. The number of amides is 1. The largest absolute Gasteiger partial charge is 0.489 e. The Morgan fingerprint density at radius 2 is 2.09 bits per heavy atom. The number of nitrogens with zero attached hydrogens (tertiary/aromatic N) is 1. The Kier molecular flexibility index (Phi) is 5.64. The average molecular weight is 340 g/mol. The maximum Gasteiger partial charge on any atom is 0.238 e. The number of para-hydroxylation sites is 2. The van der Waals surface area contributed by atoms with Gasteiger partial charge in [-0.1, -0.05) is 12.1 Å². The second kappa shape index (κ2) is 7.31. The minimum Gasteiger partial charge on any atom is -0.489 e. The maximum atomic E-state index is 12.2. The van der Waals surface area contributed by atoms with Gasteiger partial charge in [0, 0.05) is 6.04 Å². The summed E-state index contributed by atoms with van der Waals surface area (Å²) in [6.07, 6.45) is 0.596. The van der Waals surface area contributed by atoms with Crippen molar-refractivity contribution in [3.05, 3.63) is 24.3 Å². The highest BCUT2D eigenvalue weighted by Gasteiger charge is 2.31. The molecule has 1 amide bonds. The summed E-state index contributed by atoms with van der Waals surface area (Å²) in [6, 6.07) is 7.19. The van der Waals surface area contributed by atoms with Gasteiger partial charge in [0.15, 0.2) is 9.84 Å². The number of hydrogen-bond donors (Lipinski definition) is 1. The molecule has 1 saturated heterocycles. The Morgan fingerprint density at radius 1 is 1.39 bits per heavy atom. The molecule has 0 saturated carbocycles. The van der Waals surface area contributed by atoms with Crippen LogP contribution in [0.2, 0.25) is 0 Å². The summed E-state index contributed by atoms with van der Waals surface area (Å²) < 4.78 is 28.7. The van der Waals surface area contributed by atoms with E-state index in [1.54, 1.807) is 18.0 Å². The van der Waals surface area contributed by atoms with Crippen LogP contribution < -0.4 is 10.1 Å². The van der Waals surface area contributed by atoms with Crippen molar-refractivity contribution >= 4 is 21.4 Å². The summed E-state index contributed by atoms with van der Waals surface area (Å²) >= 11 is 0. The van der Waals surface area contributed by atoms with Crippen molar-refractivity contribution in [3.63, 3.8) is 0 Å². The first-order valence-corrected chi connectivity index (χ1v) is 9.55. The molecule has 1 aromatic carbocycles. The number of sulfone groups is 1. The van der Waals surface area contributed by atoms with Crippen LogP contribution in [0.25, 0.3) is 0 Å². The summed E-state index contributed by atoms with van der Waals surface area (Å²) in [7, 11) is -1.17. The van der Waals surface area contributed by atoms with E-state index in [4.69, 9.17) is 4.74 Å². The van der Waals surface area contributed by atoms with Gasteiger partial charge in [0.2, 0.25) is 5.91 Å². The summed E-state index contributed by atoms with van der Waals surface area (Å²) in [5.74, 6) is 0.775. The van der Waals surface area contributed by atoms with Crippen molar-refractivity contribution in [2.45, 2.75) is 32.4 Å². The highest BCUT2D eigenvalue weighted by Crippen LogP contribution is 2.25. The van der Waals surface area contributed by atoms with Crippen LogP contribution in [0, 0.1) is 0 Å². The summed E-state index contributed by atoms with van der Waals surface area (Å²) in [6.45, 7) is 4.00. The second-order valence-electron chi connectivity index (χ2n) is 6.18. The van der Waals surface area contributed by atoms with Crippen LogP contribution in [0.15, 0.2) is 24.3 Å². The molecule has 1 fully saturated rings. The fourth-order valence-electron chi connectivity index (χ4n) is 2.59. The Balaban J connectivity index is 1.95. The molecule has 0 radical (unpaired) electrons. The minimum atomic E-state index is -2.95. The smallest absolute Gasteiger partial charge is 0.238 e. The molecule has 1 aromatic rings. The third-order valence-electron chi connectivity index (χ3n) is 3.75. The van der Waals surface area contributed by atoms with E-state index in [-0.39, 0.29) is 36.1 Å². The van der Waals surface area contributed by atoms with Crippen LogP contribution in [-0.2, 0) is 14.6 Å². The molecule has 1 aliphatic rings. The van der Waals surface area contributed by atoms with Gasteiger partial charge in [-0.15, -0.1) is 0 Å². The Hall–Kier alpha value is -1.60. The first-order chi connectivity index (χ1) is 10.8. The van der Waals surface area contributed by atoms with Crippen molar-refractivity contribution in [3.8, 4) is 5.75 Å². The number of ether oxygens (including phenoxy) is 1. The molecule has 2 rings (SSSR count). The van der Waals surface area contributed by atoms with E-state index in [1.807, 2.05) is 32.0 Å². The van der Waals surface area contributed by atoms with E-state index >= 15 is 0 Å². The van der Waals surface area contributed by atoms with Crippen LogP contribution in [0.1, 0.15) is 20.3 Å². The second-order valence-corrected chi connectivity index (χ2v) is 8.41. The number of carbonyl (C=O) groups excluding carboxylic acids is 1. The fraction of sp³-hybridized carbons (Fsp3) is 0.562. The zero-order valence-corrected chi connectivity index (χ0v) is 14.6. The van der Waals surface area contributed by atoms with Crippen LogP contribution in [0.4, 0.5) is 5.69 Å². The lowest BCUT2D eigenvalue weighted by Crippen LogP contribution is -2.38. The standard InChI is InChI=1S/C16H24N2O4S/c1-12(2)22-15-7-5-4-6-14(15)17-16(19)10-18(3)13-8-9-23(20,21)11-13/h4-7,12-13H,8-11H2,1-3H3,(H,17,19). The number of anilines is 1. The Labute approximate surface area is 137 Å². The van der Waals surface area contributed by atoms with E-state index in [2.05, 4.69) is 5.32 Å². The predicted molar refractivity (Wildman–Crippen MR) is 90.5 cm³/mol. The molecule has 1 N–H and O–H groups in total. The van der Waals surface area contributed by atoms with Gasteiger partial charge in [0.25, 0.3) is 0 Å². The van der Waals surface area contributed by atoms with Crippen molar-refractivity contribution in [1.82, 2.24) is 4.90 Å². The van der Waals surface area contributed by atoms with Gasteiger partial charge in [-0.3, -0.25) is 9.69 Å². The molecule has 0 spiro atoms. The third kappa shape index (κ3) is 5.21. The molecule has 1 unspecified atom stereocenters. The van der Waals surface area contributed by atoms with Gasteiger partial charge in [0.1, 0.15) is 5.75 Å². The maximum absolute atomic E-state index is 12.2. The van der Waals surface area contributed by atoms with E-state index in [9.17, 15) is 13.2 Å². The molecule has 1 atom stereocenters. The summed E-state index contributed by atoms with van der Waals surface area (Å²) in [5, 5.41) is 2.84. The summed E-state index contributed by atoms with van der Waals surface area (Å²) in [4.78, 5) is 14.0. The lowest BCUT2D eigenvalue weighted by Gasteiger charge is -2.22. The normalized spacial score (nSPS) is 20.0. The quantitative estimate of drug-likeness (QED) is 0.850. The number of likely N-dealkylation sites (N-methyl/N-ethyl adjacent to an activating group) is 1. The Morgan fingerprint density at radius 3 is 2.70 bits per heavy atom. The molecule has 128 valence electrons. The average Bonchev–Trinajstić information content (AvgIpc) is 2.81. The number of nitrogens with one attached hydrogen (secondary N) is 1. The van der Waals surface area contributed by atoms with E-state index in [0.29, 0.717) is 17.9 Å². The van der Waals surface area contributed by atoms with Gasteiger partial charge in [0.05, 0.1) is 29.8 Å². The van der Waals surface area contributed by atoms with Gasteiger partial charge < -0.3 is 10.1 Å². The molecular weight excluding hydrogens is 316 g/mol. The molecular formula is C16H24N2O4S. The molecule has 6 nitrogen and oxygen atoms in total. The van der Waals surface area contributed by atoms with Gasteiger partial charge in [-0.25, -0.2) is 8.42 Å². The van der Waals surface area contributed by atoms with Crippen molar-refractivity contribution in [2.24, 2.45) is 0 Å². The molecule has 23 heavy (non-hydrogen) atoms. The van der Waals surface area contributed by atoms with Gasteiger partial charge in [-0.2, -0.15) is 0 Å². The van der Waals surface area contributed by atoms with Crippen LogP contribution in [0.5, 0.6) is 5.75 Å². The zero-order chi connectivity index (χ0) is 17.0. The van der Waals surface area contributed by atoms with Crippen LogP contribution in [0.3, 0.4) is 0 Å². The van der Waals surface area contributed by atoms with E-state index in [1.165, 1.54) is 0 Å². The van der Waals surface area contributed by atoms with Crippen molar-refractivity contribution in [1.29, 1.82) is 0 Å². The van der Waals surface area contributed by atoms with Crippen LogP contribution >= 0.6 is 0 Å². The zero-order valence-electron chi connectivity index (χ0n) is 13.8. The summed E-state index contributed by atoms with van der Waals surface area (Å²) in [5.41, 5.74) is 0.624. The Bertz CT molecular complexity index is 658. The fourth-order valence-corrected chi connectivity index (χ4v) is 4.40. The van der Waals surface area contributed by atoms with Gasteiger partial charge in [-0.05, 0) is 39.4 Å². The highest BCUT2D eigenvalue weighted by molar-refractivity contribution is 7.91. The van der Waals surface area contributed by atoms with Crippen molar-refractivity contribution in [2.75, 3.05) is 30.4 Å². The molecule has 7 heteroatoms.